The lowest BCUT2D eigenvalue weighted by Gasteiger charge is -2.21. The molecule has 0 saturated heterocycles. The molecule has 6 aromatic rings. The Bertz CT molecular complexity index is 2740. The molecule has 0 unspecified atom stereocenters. The number of hydrogen-bond donors (Lipinski definition) is 4. The van der Waals surface area contributed by atoms with Crippen LogP contribution >= 0.6 is 11.6 Å². The van der Waals surface area contributed by atoms with Crippen LogP contribution in [0.5, 0.6) is 5.75 Å². The van der Waals surface area contributed by atoms with Gasteiger partial charge in [0, 0.05) is 51.8 Å². The Kier molecular flexibility index (Phi) is 8.20. The molecule has 52 heavy (non-hydrogen) atoms. The summed E-state index contributed by atoms with van der Waals surface area (Å²) < 4.78 is 6.72. The largest absolute Gasteiger partial charge is 0.506 e. The van der Waals surface area contributed by atoms with Crippen molar-refractivity contribution in [2.45, 2.75) is 26.9 Å². The maximum Gasteiger partial charge on any atom is 0.335 e. The molecule has 0 atom stereocenters. The molecule has 1 aliphatic carbocycles. The van der Waals surface area contributed by atoms with Crippen LogP contribution in [-0.4, -0.2) is 26.2 Å². The zero-order valence-corrected chi connectivity index (χ0v) is 28.9. The molecule has 256 valence electrons. The Morgan fingerprint density at radius 2 is 1.37 bits per heavy atom. The van der Waals surface area contributed by atoms with Crippen LogP contribution in [0.15, 0.2) is 112 Å². The van der Waals surface area contributed by atoms with Crippen molar-refractivity contribution in [2.24, 2.45) is 0 Å². The predicted molar refractivity (Wildman–Crippen MR) is 206 cm³/mol. The maximum atomic E-state index is 13.7. The minimum Gasteiger partial charge on any atom is -0.506 e. The fourth-order valence-electron chi connectivity index (χ4n) is 6.71. The third kappa shape index (κ3) is 5.80. The average molecular weight is 707 g/mol. The second kappa shape index (κ2) is 13.0. The van der Waals surface area contributed by atoms with Gasteiger partial charge in [-0.2, -0.15) is 0 Å². The molecule has 4 N–H and O–H groups in total. The quantitative estimate of drug-likeness (QED) is 0.114. The number of pyridine rings is 2. The number of halogens is 1. The smallest absolute Gasteiger partial charge is 0.335 e. The van der Waals surface area contributed by atoms with Gasteiger partial charge in [0.2, 0.25) is 0 Å². The highest BCUT2D eigenvalue weighted by atomic mass is 35.5. The van der Waals surface area contributed by atoms with E-state index in [1.54, 1.807) is 24.3 Å². The molecule has 10 heteroatoms. The topological polar surface area (TPSA) is 138 Å². The highest BCUT2D eigenvalue weighted by Crippen LogP contribution is 2.46. The number of phenols is 1. The number of aromatic hydroxyl groups is 1. The molecule has 2 aliphatic rings. The van der Waals surface area contributed by atoms with Gasteiger partial charge in [-0.05, 0) is 74.0 Å². The van der Waals surface area contributed by atoms with E-state index in [2.05, 4.69) is 10.6 Å². The number of fused-ring (bicyclic) bond motifs is 4. The predicted octanol–water partition coefficient (Wildman–Crippen LogP) is 9.56. The minimum atomic E-state index is -1.05. The van der Waals surface area contributed by atoms with Gasteiger partial charge in [-0.1, -0.05) is 60.1 Å². The molecule has 0 spiro atoms. The van der Waals surface area contributed by atoms with Crippen molar-refractivity contribution in [2.75, 3.05) is 10.6 Å². The normalized spacial score (nSPS) is 11.4. The Morgan fingerprint density at radius 1 is 0.769 bits per heavy atom. The third-order valence-electron chi connectivity index (χ3n) is 9.31. The van der Waals surface area contributed by atoms with E-state index in [1.807, 2.05) is 74.5 Å². The van der Waals surface area contributed by atoms with Gasteiger partial charge in [0.05, 0.1) is 44.1 Å². The van der Waals surface area contributed by atoms with E-state index in [0.717, 1.165) is 44.6 Å². The summed E-state index contributed by atoms with van der Waals surface area (Å²) in [6.45, 7) is 4.08. The van der Waals surface area contributed by atoms with E-state index in [-0.39, 0.29) is 34.9 Å². The summed E-state index contributed by atoms with van der Waals surface area (Å²) in [5.41, 5.74) is 7.72. The van der Waals surface area contributed by atoms with Crippen molar-refractivity contribution in [3.05, 3.63) is 146 Å². The van der Waals surface area contributed by atoms with Crippen LogP contribution in [-0.2, 0) is 13.1 Å². The molecule has 0 fully saturated rings. The molecular formula is C42H31ClN4O5. The number of carboxylic acids is 1. The van der Waals surface area contributed by atoms with E-state index in [9.17, 15) is 19.8 Å². The summed E-state index contributed by atoms with van der Waals surface area (Å²) in [7, 11) is 0. The second-order valence-electron chi connectivity index (χ2n) is 12.7. The summed E-state index contributed by atoms with van der Waals surface area (Å²) >= 11 is 6.73. The van der Waals surface area contributed by atoms with Gasteiger partial charge in [-0.25, -0.2) is 4.79 Å². The first-order valence-electron chi connectivity index (χ1n) is 16.6. The molecule has 1 aliphatic heterocycles. The number of benzene rings is 5. The number of aryl methyl sites for hydroxylation is 2. The number of aromatic carboxylic acids is 1. The minimum absolute atomic E-state index is 0.107. The van der Waals surface area contributed by atoms with Gasteiger partial charge in [0.25, 0.3) is 0 Å². The van der Waals surface area contributed by atoms with Crippen molar-refractivity contribution in [3.63, 3.8) is 0 Å². The third-order valence-corrected chi connectivity index (χ3v) is 9.60. The Balaban J connectivity index is 1.32. The number of carboxylic acid groups (broad SMARTS) is 1. The molecule has 0 radical (unpaired) electrons. The highest BCUT2D eigenvalue weighted by Gasteiger charge is 2.26. The zero-order chi connectivity index (χ0) is 36.1. The SMILES string of the molecule is Cc1ccc2cccc(NCc3c4oc5c(CNc6cccc7ccc(C)nc67)c(O)c(Cl)cc5c(-c5ccc(C(=O)O)cc5)c-4ccc3=O)c2n1. The van der Waals surface area contributed by atoms with Crippen molar-refractivity contribution < 1.29 is 19.4 Å². The summed E-state index contributed by atoms with van der Waals surface area (Å²) in [4.78, 5) is 34.9. The molecule has 2 aromatic heterocycles. The van der Waals surface area contributed by atoms with Gasteiger partial charge >= 0.3 is 5.97 Å². The zero-order valence-electron chi connectivity index (χ0n) is 28.1. The number of nitrogens with zero attached hydrogens (tertiary/aromatic N) is 2. The van der Waals surface area contributed by atoms with Crippen molar-refractivity contribution in [1.29, 1.82) is 0 Å². The summed E-state index contributed by atoms with van der Waals surface area (Å²) in [5, 5.41) is 30.5. The molecule has 0 amide bonds. The number of rotatable bonds is 8. The standard InChI is InChI=1S/C42H31ClN4O5/c1-22-9-11-25-5-3-7-33(37(25)46-22)44-20-30-35(48)18-17-28-36(24-13-15-27(16-14-24)42(50)51)29-19-32(43)39(49)31(41(29)52-40(28)30)21-45-34-8-4-6-26-12-10-23(2)47-38(26)34/h3-19,44-45,49H,20-21H2,1-2H3,(H,50,51). The van der Waals surface area contributed by atoms with E-state index in [0.29, 0.717) is 44.5 Å². The van der Waals surface area contributed by atoms with Crippen molar-refractivity contribution in [3.8, 4) is 28.2 Å². The number of nitrogens with one attached hydrogen (secondary N) is 2. The maximum absolute atomic E-state index is 13.7. The van der Waals surface area contributed by atoms with Crippen LogP contribution < -0.4 is 16.1 Å². The van der Waals surface area contributed by atoms with Crippen LogP contribution in [0.2, 0.25) is 5.02 Å². The molecular weight excluding hydrogens is 676 g/mol. The summed E-state index contributed by atoms with van der Waals surface area (Å²) in [5.74, 6) is -0.901. The Hall–Kier alpha value is -6.45. The number of aromatic nitrogens is 2. The number of carbonyl (C=O) groups is 1. The first-order valence-corrected chi connectivity index (χ1v) is 17.0. The molecule has 4 aromatic carbocycles. The molecule has 8 rings (SSSR count). The monoisotopic (exact) mass is 706 g/mol. The van der Waals surface area contributed by atoms with Crippen LogP contribution in [0.1, 0.15) is 32.9 Å². The summed E-state index contributed by atoms with van der Waals surface area (Å²) in [6, 6.07) is 30.9. The molecule has 0 bridgehead atoms. The first kappa shape index (κ1) is 32.7. The fourth-order valence-corrected chi connectivity index (χ4v) is 6.93. The van der Waals surface area contributed by atoms with Crippen molar-refractivity contribution in [1.82, 2.24) is 9.97 Å². The first-order chi connectivity index (χ1) is 25.2. The lowest BCUT2D eigenvalue weighted by atomic mass is 9.90. The van der Waals surface area contributed by atoms with E-state index in [1.165, 1.54) is 18.2 Å². The number of para-hydroxylation sites is 2. The van der Waals surface area contributed by atoms with Gasteiger partial charge in [0.1, 0.15) is 17.1 Å². The van der Waals surface area contributed by atoms with Crippen LogP contribution in [0, 0.1) is 13.8 Å². The highest BCUT2D eigenvalue weighted by molar-refractivity contribution is 6.33. The van der Waals surface area contributed by atoms with E-state index >= 15 is 0 Å². The van der Waals surface area contributed by atoms with Gasteiger partial charge < -0.3 is 25.3 Å². The number of anilines is 2. The van der Waals surface area contributed by atoms with Crippen LogP contribution in [0.3, 0.4) is 0 Å². The van der Waals surface area contributed by atoms with Crippen LogP contribution in [0.25, 0.3) is 55.2 Å². The summed E-state index contributed by atoms with van der Waals surface area (Å²) in [6.07, 6.45) is 0. The van der Waals surface area contributed by atoms with E-state index < -0.39 is 5.97 Å². The van der Waals surface area contributed by atoms with E-state index in [4.69, 9.17) is 26.0 Å². The number of hydrogen-bond acceptors (Lipinski definition) is 8. The molecule has 0 saturated carbocycles. The number of phenolic OH excluding ortho intramolecular Hbond substituents is 1. The second-order valence-corrected chi connectivity index (χ2v) is 13.1. The van der Waals surface area contributed by atoms with Gasteiger partial charge in [0.15, 0.2) is 5.43 Å². The Labute approximate surface area is 302 Å². The lowest BCUT2D eigenvalue weighted by Crippen LogP contribution is -2.15. The van der Waals surface area contributed by atoms with Crippen molar-refractivity contribution >= 4 is 61.7 Å². The van der Waals surface area contributed by atoms with Gasteiger partial charge in [-0.3, -0.25) is 14.8 Å². The lowest BCUT2D eigenvalue weighted by molar-refractivity contribution is 0.0697. The van der Waals surface area contributed by atoms with Gasteiger partial charge in [-0.15, -0.1) is 0 Å². The fraction of sp³-hybridized carbons (Fsp3) is 0.0952. The average Bonchev–Trinajstić information content (AvgIpc) is 3.14. The Morgan fingerprint density at radius 3 is 1.96 bits per heavy atom. The van der Waals surface area contributed by atoms with Crippen LogP contribution in [0.4, 0.5) is 11.4 Å². The molecule has 3 heterocycles. The molecule has 9 nitrogen and oxygen atoms in total.